The fourth-order valence-corrected chi connectivity index (χ4v) is 4.60. The molecule has 0 saturated carbocycles. The van der Waals surface area contributed by atoms with E-state index in [-0.39, 0.29) is 17.5 Å². The van der Waals surface area contributed by atoms with Crippen LogP contribution in [0.2, 0.25) is 0 Å². The third-order valence-corrected chi connectivity index (χ3v) is 6.31. The minimum Gasteiger partial charge on any atom is -0.207 e. The van der Waals surface area contributed by atoms with Crippen LogP contribution in [0.15, 0.2) is 69.3 Å². The average molecular weight is 359 g/mol. The second-order valence-corrected chi connectivity index (χ2v) is 8.07. The summed E-state index contributed by atoms with van der Waals surface area (Å²) in [6.45, 7) is 5.07. The predicted octanol–water partition coefficient (Wildman–Crippen LogP) is 6.12. The van der Waals surface area contributed by atoms with Gasteiger partial charge in [0.05, 0.1) is 10.9 Å². The van der Waals surface area contributed by atoms with E-state index in [2.05, 4.69) is 0 Å². The van der Waals surface area contributed by atoms with Gasteiger partial charge in [0.15, 0.2) is 14.7 Å². The first-order chi connectivity index (χ1) is 11.9. The highest BCUT2D eigenvalue weighted by molar-refractivity contribution is 7.97. The summed E-state index contributed by atoms with van der Waals surface area (Å²) in [5.74, 6) is -0.972. The molecule has 3 aromatic rings. The van der Waals surface area contributed by atoms with Crippen LogP contribution in [0.3, 0.4) is 0 Å². The Hall–Kier alpha value is -2.20. The lowest BCUT2D eigenvalue weighted by Crippen LogP contribution is -2.07. The SMILES string of the molecule is Cc1ccc([S+](c2ccc(C)c(F)c2)c2ccc(C)c(F)c2)cc1F. The molecule has 0 N–H and O–H groups in total. The number of benzene rings is 3. The molecule has 0 aliphatic heterocycles. The number of aryl methyl sites for hydroxylation is 3. The van der Waals surface area contributed by atoms with Crippen molar-refractivity contribution in [1.29, 1.82) is 0 Å². The Morgan fingerprint density at radius 2 is 0.800 bits per heavy atom. The van der Waals surface area contributed by atoms with Crippen LogP contribution in [0.4, 0.5) is 13.2 Å². The summed E-state index contributed by atoms with van der Waals surface area (Å²) in [4.78, 5) is 2.07. The van der Waals surface area contributed by atoms with Gasteiger partial charge in [-0.05, 0) is 55.7 Å². The molecule has 0 atom stereocenters. The van der Waals surface area contributed by atoms with Crippen LogP contribution in [0.25, 0.3) is 0 Å². The van der Waals surface area contributed by atoms with Gasteiger partial charge in [-0.15, -0.1) is 0 Å². The zero-order valence-corrected chi connectivity index (χ0v) is 15.1. The Morgan fingerprint density at radius 3 is 1.04 bits per heavy atom. The van der Waals surface area contributed by atoms with Crippen molar-refractivity contribution in [1.82, 2.24) is 0 Å². The quantitative estimate of drug-likeness (QED) is 0.494. The highest BCUT2D eigenvalue weighted by Crippen LogP contribution is 2.33. The molecule has 3 aromatic carbocycles. The second-order valence-electron chi connectivity index (χ2n) is 6.04. The maximum absolute atomic E-state index is 14.1. The van der Waals surface area contributed by atoms with Gasteiger partial charge in [0, 0.05) is 18.2 Å². The lowest BCUT2D eigenvalue weighted by Gasteiger charge is -2.10. The van der Waals surface area contributed by atoms with Crippen molar-refractivity contribution in [3.8, 4) is 0 Å². The molecule has 25 heavy (non-hydrogen) atoms. The number of halogens is 3. The van der Waals surface area contributed by atoms with Gasteiger partial charge >= 0.3 is 0 Å². The lowest BCUT2D eigenvalue weighted by molar-refractivity contribution is 0.613. The molecule has 0 unspecified atom stereocenters. The summed E-state index contributed by atoms with van der Waals surface area (Å²) in [5.41, 5.74) is 1.62. The number of rotatable bonds is 3. The Balaban J connectivity index is 2.21. The first kappa shape index (κ1) is 17.6. The van der Waals surface area contributed by atoms with Crippen molar-refractivity contribution in [2.45, 2.75) is 35.5 Å². The predicted molar refractivity (Wildman–Crippen MR) is 95.6 cm³/mol. The first-order valence-corrected chi connectivity index (χ1v) is 9.12. The van der Waals surface area contributed by atoms with Gasteiger partial charge < -0.3 is 0 Å². The molecule has 0 radical (unpaired) electrons. The normalized spacial score (nSPS) is 11.2. The third kappa shape index (κ3) is 3.59. The van der Waals surface area contributed by atoms with Crippen LogP contribution in [0, 0.1) is 38.2 Å². The number of hydrogen-bond acceptors (Lipinski definition) is 0. The van der Waals surface area contributed by atoms with Gasteiger partial charge in [-0.1, -0.05) is 18.2 Å². The zero-order chi connectivity index (χ0) is 18.1. The molecule has 0 aromatic heterocycles. The number of hydrogen-bond donors (Lipinski definition) is 0. The largest absolute Gasteiger partial charge is 0.207 e. The van der Waals surface area contributed by atoms with Gasteiger partial charge in [-0.2, -0.15) is 0 Å². The molecule has 4 heteroatoms. The maximum atomic E-state index is 14.1. The van der Waals surface area contributed by atoms with Crippen molar-refractivity contribution in [2.75, 3.05) is 0 Å². The van der Waals surface area contributed by atoms with Crippen molar-refractivity contribution < 1.29 is 13.2 Å². The van der Waals surface area contributed by atoms with E-state index < -0.39 is 10.9 Å². The average Bonchev–Trinajstić information content (AvgIpc) is 2.57. The van der Waals surface area contributed by atoms with Crippen molar-refractivity contribution in [3.63, 3.8) is 0 Å². The van der Waals surface area contributed by atoms with Gasteiger partial charge in [0.2, 0.25) is 0 Å². The summed E-state index contributed by atoms with van der Waals surface area (Å²) >= 11 is 0. The molecular weight excluding hydrogens is 341 g/mol. The van der Waals surface area contributed by atoms with E-state index in [9.17, 15) is 13.2 Å². The van der Waals surface area contributed by atoms with Gasteiger partial charge in [-0.25, -0.2) is 13.2 Å². The molecule has 0 spiro atoms. The molecule has 0 amide bonds. The standard InChI is InChI=1S/C21H18F3S/c1-13-4-7-16(10-19(13)22)25(17-8-5-14(2)20(23)11-17)18-9-6-15(3)21(24)12-18/h4-12H,1-3H3/q+1. The van der Waals surface area contributed by atoms with E-state index in [0.717, 1.165) is 0 Å². The van der Waals surface area contributed by atoms with Gasteiger partial charge in [-0.3, -0.25) is 0 Å². The minimum absolute atomic E-state index is 0.324. The summed E-state index contributed by atoms with van der Waals surface area (Å²) in [6.07, 6.45) is 0. The van der Waals surface area contributed by atoms with E-state index in [4.69, 9.17) is 0 Å². The first-order valence-electron chi connectivity index (χ1n) is 7.89. The zero-order valence-electron chi connectivity index (χ0n) is 14.2. The van der Waals surface area contributed by atoms with Crippen LogP contribution in [0.1, 0.15) is 16.7 Å². The van der Waals surface area contributed by atoms with Crippen LogP contribution >= 0.6 is 0 Å². The maximum Gasteiger partial charge on any atom is 0.169 e. The summed E-state index contributed by atoms with van der Waals surface area (Å²) in [7, 11) is -0.790. The molecule has 0 nitrogen and oxygen atoms in total. The van der Waals surface area contributed by atoms with Crippen LogP contribution in [0.5, 0.6) is 0 Å². The summed E-state index contributed by atoms with van der Waals surface area (Å²) in [6, 6.07) is 14.9. The molecule has 0 heterocycles. The van der Waals surface area contributed by atoms with E-state index in [0.29, 0.717) is 31.4 Å². The Labute approximate surface area is 148 Å². The fourth-order valence-electron chi connectivity index (χ4n) is 2.51. The molecule has 0 aliphatic carbocycles. The van der Waals surface area contributed by atoms with Gasteiger partial charge in [0.25, 0.3) is 0 Å². The Bertz CT molecular complexity index is 812. The molecule has 0 aliphatic rings. The lowest BCUT2D eigenvalue weighted by atomic mass is 10.2. The Kier molecular flexibility index (Phi) is 4.91. The van der Waals surface area contributed by atoms with Crippen LogP contribution < -0.4 is 0 Å². The van der Waals surface area contributed by atoms with Crippen molar-refractivity contribution in [3.05, 3.63) is 88.7 Å². The highest BCUT2D eigenvalue weighted by Gasteiger charge is 2.31. The Morgan fingerprint density at radius 1 is 0.520 bits per heavy atom. The molecule has 3 rings (SSSR count). The molecule has 0 bridgehead atoms. The van der Waals surface area contributed by atoms with Gasteiger partial charge in [0.1, 0.15) is 17.5 Å². The van der Waals surface area contributed by atoms with E-state index in [1.807, 2.05) is 18.2 Å². The van der Waals surface area contributed by atoms with E-state index in [1.54, 1.807) is 39.0 Å². The monoisotopic (exact) mass is 359 g/mol. The minimum atomic E-state index is -0.790. The summed E-state index contributed by atoms with van der Waals surface area (Å²) in [5, 5.41) is 0. The summed E-state index contributed by atoms with van der Waals surface area (Å²) < 4.78 is 42.3. The highest BCUT2D eigenvalue weighted by atomic mass is 32.2. The van der Waals surface area contributed by atoms with Crippen LogP contribution in [-0.4, -0.2) is 0 Å². The molecule has 128 valence electrons. The van der Waals surface area contributed by atoms with E-state index in [1.165, 1.54) is 18.2 Å². The third-order valence-electron chi connectivity index (χ3n) is 4.14. The van der Waals surface area contributed by atoms with Crippen LogP contribution in [-0.2, 0) is 10.9 Å². The topological polar surface area (TPSA) is 0 Å². The smallest absolute Gasteiger partial charge is 0.169 e. The molecule has 0 saturated heterocycles. The second kappa shape index (κ2) is 6.96. The van der Waals surface area contributed by atoms with E-state index >= 15 is 0 Å². The fraction of sp³-hybridized carbons (Fsp3) is 0.143. The molecule has 0 fully saturated rings. The van der Waals surface area contributed by atoms with Crippen molar-refractivity contribution in [2.24, 2.45) is 0 Å². The molecular formula is C21H18F3S+. The van der Waals surface area contributed by atoms with Crippen molar-refractivity contribution >= 4 is 10.9 Å².